The van der Waals surface area contributed by atoms with Crippen LogP contribution < -0.4 is 10.6 Å². The molecule has 0 saturated heterocycles. The van der Waals surface area contributed by atoms with Crippen LogP contribution in [0.25, 0.3) is 0 Å². The lowest BCUT2D eigenvalue weighted by Gasteiger charge is -2.10. The summed E-state index contributed by atoms with van der Waals surface area (Å²) in [5, 5.41) is 7.64. The van der Waals surface area contributed by atoms with Crippen molar-refractivity contribution in [3.63, 3.8) is 0 Å². The molecule has 0 bridgehead atoms. The van der Waals surface area contributed by atoms with Crippen molar-refractivity contribution in [3.8, 4) is 0 Å². The van der Waals surface area contributed by atoms with E-state index in [9.17, 15) is 22.8 Å². The highest BCUT2D eigenvalue weighted by Gasteiger charge is 2.34. The van der Waals surface area contributed by atoms with Gasteiger partial charge in [-0.25, -0.2) is 24.9 Å². The molecule has 0 aliphatic carbocycles. The minimum Gasteiger partial charge on any atom is -0.316 e. The van der Waals surface area contributed by atoms with E-state index in [0.717, 1.165) is 17.5 Å². The van der Waals surface area contributed by atoms with Crippen LogP contribution in [-0.2, 0) is 6.18 Å². The number of carbonyl (C=O) groups is 2. The van der Waals surface area contributed by atoms with Crippen LogP contribution in [0.15, 0.2) is 42.4 Å². The second-order valence-corrected chi connectivity index (χ2v) is 9.71. The first-order valence-electron chi connectivity index (χ1n) is 10.1. The molecule has 1 amide bonds. The number of hydrogen-bond acceptors (Lipinski definition) is 10. The van der Waals surface area contributed by atoms with Gasteiger partial charge in [-0.3, -0.25) is 9.59 Å². The van der Waals surface area contributed by atoms with Crippen LogP contribution in [0, 0.1) is 0 Å². The van der Waals surface area contributed by atoms with Crippen LogP contribution >= 0.6 is 34.3 Å². The van der Waals surface area contributed by atoms with Gasteiger partial charge in [0, 0.05) is 36.2 Å². The Morgan fingerprint density at radius 1 is 1.08 bits per heavy atom. The number of Topliss-reactive ketones (excluding diaryl/α,β-unsaturated/α-hetero) is 1. The topological polar surface area (TPSA) is 123 Å². The zero-order valence-electron chi connectivity index (χ0n) is 18.2. The van der Waals surface area contributed by atoms with Crippen LogP contribution in [0.1, 0.15) is 50.0 Å². The maximum Gasteiger partial charge on any atom is 0.418 e. The largest absolute Gasteiger partial charge is 0.418 e. The van der Waals surface area contributed by atoms with Crippen molar-refractivity contribution in [2.45, 2.75) is 25.4 Å². The number of halogens is 4. The fourth-order valence-corrected chi connectivity index (χ4v) is 4.58. The highest BCUT2D eigenvalue weighted by atomic mass is 35.5. The van der Waals surface area contributed by atoms with Crippen LogP contribution in [0.5, 0.6) is 0 Å². The van der Waals surface area contributed by atoms with Gasteiger partial charge in [-0.1, -0.05) is 18.5 Å². The fourth-order valence-electron chi connectivity index (χ4n) is 2.97. The summed E-state index contributed by atoms with van der Waals surface area (Å²) in [6, 6.07) is 2.17. The van der Waals surface area contributed by atoms with Crippen molar-refractivity contribution in [3.05, 3.63) is 68.6 Å². The first-order chi connectivity index (χ1) is 17.1. The van der Waals surface area contributed by atoms with E-state index in [1.165, 1.54) is 29.9 Å². The van der Waals surface area contributed by atoms with Crippen molar-refractivity contribution >= 4 is 62.7 Å². The molecule has 36 heavy (non-hydrogen) atoms. The number of nitrogens with one attached hydrogen (secondary N) is 2. The number of anilines is 3. The molecule has 0 radical (unpaired) electrons. The Morgan fingerprint density at radius 2 is 1.89 bits per heavy atom. The lowest BCUT2D eigenvalue weighted by molar-refractivity contribution is -0.137. The van der Waals surface area contributed by atoms with Gasteiger partial charge in [0.15, 0.2) is 10.9 Å². The predicted octanol–water partition coefficient (Wildman–Crippen LogP) is 5.83. The standard InChI is InChI=1S/C21H15ClF3N7O2S2/c1-10(4-14(33)13-6-17(30-9-29-13)32-20-26-2-3-35-20)19-28-8-15(36-19)18(34)31-16-5-11(21(23,24)25)12(22)7-27-16/h2-3,5-10H,4H2,1H3,(H,27,31,34)(H,26,29,30,32)/t10-/m0/s1. The monoisotopic (exact) mass is 553 g/mol. The van der Waals surface area contributed by atoms with Gasteiger partial charge in [0.05, 0.1) is 21.8 Å². The Balaban J connectivity index is 1.40. The van der Waals surface area contributed by atoms with Crippen molar-refractivity contribution in [1.82, 2.24) is 24.9 Å². The van der Waals surface area contributed by atoms with E-state index in [2.05, 4.69) is 35.6 Å². The summed E-state index contributed by atoms with van der Waals surface area (Å²) in [4.78, 5) is 45.5. The minimum atomic E-state index is -4.69. The second kappa shape index (κ2) is 10.6. The summed E-state index contributed by atoms with van der Waals surface area (Å²) >= 11 is 7.96. The van der Waals surface area contributed by atoms with Gasteiger partial charge in [-0.2, -0.15) is 13.2 Å². The Hall–Kier alpha value is -3.49. The first-order valence-corrected chi connectivity index (χ1v) is 12.2. The van der Waals surface area contributed by atoms with Gasteiger partial charge < -0.3 is 10.6 Å². The molecule has 4 aromatic heterocycles. The quantitative estimate of drug-likeness (QED) is 0.261. The average Bonchev–Trinajstić information content (AvgIpc) is 3.52. The number of thiazole rings is 2. The molecule has 15 heteroatoms. The maximum absolute atomic E-state index is 13.0. The summed E-state index contributed by atoms with van der Waals surface area (Å²) in [6.07, 6.45) is 0.385. The number of ketones is 1. The molecule has 0 aromatic carbocycles. The molecule has 0 aliphatic rings. The fraction of sp³-hybridized carbons (Fsp3) is 0.190. The lowest BCUT2D eigenvalue weighted by atomic mass is 10.0. The summed E-state index contributed by atoms with van der Waals surface area (Å²) < 4.78 is 39.1. The molecule has 0 aliphatic heterocycles. The molecule has 0 unspecified atom stereocenters. The Morgan fingerprint density at radius 3 is 2.61 bits per heavy atom. The van der Waals surface area contributed by atoms with Crippen LogP contribution in [0.3, 0.4) is 0 Å². The molecular weight excluding hydrogens is 539 g/mol. The van der Waals surface area contributed by atoms with E-state index in [1.807, 2.05) is 0 Å². The summed E-state index contributed by atoms with van der Waals surface area (Å²) in [5.74, 6) is -1.17. The Kier molecular flexibility index (Phi) is 7.56. The van der Waals surface area contributed by atoms with Crippen LogP contribution in [0.4, 0.5) is 29.9 Å². The Bertz CT molecular complexity index is 1400. The van der Waals surface area contributed by atoms with Gasteiger partial charge >= 0.3 is 6.18 Å². The molecule has 0 spiro atoms. The highest BCUT2D eigenvalue weighted by molar-refractivity contribution is 7.14. The van der Waals surface area contributed by atoms with Crippen LogP contribution in [0.2, 0.25) is 5.02 Å². The third-order valence-electron chi connectivity index (χ3n) is 4.68. The molecule has 9 nitrogen and oxygen atoms in total. The van der Waals surface area contributed by atoms with E-state index >= 15 is 0 Å². The van der Waals surface area contributed by atoms with Gasteiger partial charge in [-0.15, -0.1) is 22.7 Å². The number of nitrogens with zero attached hydrogens (tertiary/aromatic N) is 5. The van der Waals surface area contributed by atoms with Crippen molar-refractivity contribution < 1.29 is 22.8 Å². The van der Waals surface area contributed by atoms with E-state index in [1.54, 1.807) is 18.5 Å². The smallest absolute Gasteiger partial charge is 0.316 e. The van der Waals surface area contributed by atoms with Crippen LogP contribution in [-0.4, -0.2) is 36.6 Å². The molecule has 4 heterocycles. The third kappa shape index (κ3) is 6.19. The van der Waals surface area contributed by atoms with Gasteiger partial charge in [-0.05, 0) is 6.07 Å². The van der Waals surface area contributed by atoms with Gasteiger partial charge in [0.2, 0.25) is 0 Å². The first kappa shape index (κ1) is 25.6. The van der Waals surface area contributed by atoms with E-state index in [4.69, 9.17) is 11.6 Å². The number of pyridine rings is 1. The molecule has 0 saturated carbocycles. The molecule has 1 atom stereocenters. The number of alkyl halides is 3. The molecular formula is C21H15ClF3N7O2S2. The molecule has 4 rings (SSSR count). The number of amides is 1. The molecule has 186 valence electrons. The maximum atomic E-state index is 13.0. The van der Waals surface area contributed by atoms with E-state index in [0.29, 0.717) is 22.0 Å². The SMILES string of the molecule is C[C@@H](CC(=O)c1cc(Nc2nccs2)ncn1)c1ncc(C(=O)Nc2cc(C(F)(F)F)c(Cl)cn2)s1. The summed E-state index contributed by atoms with van der Waals surface area (Å²) in [7, 11) is 0. The highest BCUT2D eigenvalue weighted by Crippen LogP contribution is 2.35. The predicted molar refractivity (Wildman–Crippen MR) is 129 cm³/mol. The Labute approximate surface area is 214 Å². The zero-order valence-corrected chi connectivity index (χ0v) is 20.6. The average molecular weight is 554 g/mol. The summed E-state index contributed by atoms with van der Waals surface area (Å²) in [5.41, 5.74) is -0.902. The third-order valence-corrected chi connectivity index (χ3v) is 6.90. The summed E-state index contributed by atoms with van der Waals surface area (Å²) in [6.45, 7) is 1.77. The minimum absolute atomic E-state index is 0.0654. The number of aromatic nitrogens is 5. The van der Waals surface area contributed by atoms with Crippen molar-refractivity contribution in [2.75, 3.05) is 10.6 Å². The van der Waals surface area contributed by atoms with Gasteiger partial charge in [0.1, 0.15) is 28.5 Å². The number of carbonyl (C=O) groups excluding carboxylic acids is 2. The zero-order chi connectivity index (χ0) is 25.9. The van der Waals surface area contributed by atoms with Crippen molar-refractivity contribution in [1.29, 1.82) is 0 Å². The van der Waals surface area contributed by atoms with Crippen molar-refractivity contribution in [2.24, 2.45) is 0 Å². The molecule has 0 fully saturated rings. The normalized spacial score (nSPS) is 12.2. The number of hydrogen-bond donors (Lipinski definition) is 2. The number of rotatable bonds is 8. The lowest BCUT2D eigenvalue weighted by Crippen LogP contribution is -2.13. The molecule has 2 N–H and O–H groups in total. The van der Waals surface area contributed by atoms with Gasteiger partial charge in [0.25, 0.3) is 5.91 Å². The van der Waals surface area contributed by atoms with E-state index < -0.39 is 22.7 Å². The molecule has 4 aromatic rings. The second-order valence-electron chi connectivity index (χ2n) is 7.34. The van der Waals surface area contributed by atoms with E-state index in [-0.39, 0.29) is 34.5 Å².